The molecule has 0 aliphatic carbocycles. The standard InChI is InChI=1S/C16H22ClFN4O2/c1-16(2,3)24-15(23)22-9-4-5-11(22)14(18)10(8-9)19-13-7-6-12(17)20-21-13/h6-7,9-11,14H,4-5,8H2,1-3H3,(H,19,21)/t9-,10-,11+,14-/m1/s1. The summed E-state index contributed by atoms with van der Waals surface area (Å²) in [4.78, 5) is 14.0. The molecule has 132 valence electrons. The lowest BCUT2D eigenvalue weighted by molar-refractivity contribution is -0.00834. The Morgan fingerprint density at radius 1 is 1.38 bits per heavy atom. The first-order chi connectivity index (χ1) is 11.2. The molecule has 0 spiro atoms. The van der Waals surface area contributed by atoms with Crippen LogP contribution in [0.4, 0.5) is 15.0 Å². The maximum absolute atomic E-state index is 15.0. The van der Waals surface area contributed by atoms with Crippen LogP contribution in [0.25, 0.3) is 0 Å². The van der Waals surface area contributed by atoms with Gasteiger partial charge in [-0.05, 0) is 52.2 Å². The van der Waals surface area contributed by atoms with Gasteiger partial charge < -0.3 is 10.1 Å². The molecule has 2 aliphatic rings. The van der Waals surface area contributed by atoms with E-state index in [-0.39, 0.29) is 11.2 Å². The number of ether oxygens (including phenoxy) is 1. The lowest BCUT2D eigenvalue weighted by Gasteiger charge is -2.41. The van der Waals surface area contributed by atoms with Crippen molar-refractivity contribution in [3.8, 4) is 0 Å². The number of nitrogens with one attached hydrogen (secondary N) is 1. The zero-order valence-electron chi connectivity index (χ0n) is 14.0. The number of fused-ring (bicyclic) bond motifs is 2. The van der Waals surface area contributed by atoms with Gasteiger partial charge in [0.25, 0.3) is 0 Å². The number of alkyl halides is 1. The van der Waals surface area contributed by atoms with Crippen LogP contribution in [0.1, 0.15) is 40.0 Å². The minimum Gasteiger partial charge on any atom is -0.444 e. The monoisotopic (exact) mass is 356 g/mol. The third-order valence-corrected chi connectivity index (χ3v) is 4.60. The minimum absolute atomic E-state index is 0.0189. The van der Waals surface area contributed by atoms with E-state index in [9.17, 15) is 9.18 Å². The molecule has 6 nitrogen and oxygen atoms in total. The lowest BCUT2D eigenvalue weighted by atomic mass is 9.95. The van der Waals surface area contributed by atoms with E-state index in [2.05, 4.69) is 15.5 Å². The van der Waals surface area contributed by atoms with Crippen molar-refractivity contribution in [2.24, 2.45) is 0 Å². The number of carbonyl (C=O) groups excluding carboxylic acids is 1. The average Bonchev–Trinajstić information content (AvgIpc) is 2.83. The Morgan fingerprint density at radius 2 is 2.12 bits per heavy atom. The van der Waals surface area contributed by atoms with Gasteiger partial charge in [0.15, 0.2) is 5.15 Å². The van der Waals surface area contributed by atoms with Crippen molar-refractivity contribution in [3.05, 3.63) is 17.3 Å². The highest BCUT2D eigenvalue weighted by atomic mass is 35.5. The number of aromatic nitrogens is 2. The van der Waals surface area contributed by atoms with Gasteiger partial charge in [0.1, 0.15) is 17.6 Å². The summed E-state index contributed by atoms with van der Waals surface area (Å²) in [5.74, 6) is 0.483. The number of hydrogen-bond acceptors (Lipinski definition) is 5. The molecule has 1 aromatic rings. The summed E-state index contributed by atoms with van der Waals surface area (Å²) in [7, 11) is 0. The van der Waals surface area contributed by atoms with Crippen molar-refractivity contribution in [1.82, 2.24) is 15.1 Å². The van der Waals surface area contributed by atoms with Gasteiger partial charge in [-0.2, -0.15) is 0 Å². The minimum atomic E-state index is -1.19. The second-order valence-corrected chi connectivity index (χ2v) is 7.75. The van der Waals surface area contributed by atoms with Gasteiger partial charge in [0.2, 0.25) is 0 Å². The highest BCUT2D eigenvalue weighted by Crippen LogP contribution is 2.39. The molecule has 2 fully saturated rings. The first-order valence-corrected chi connectivity index (χ1v) is 8.53. The predicted molar refractivity (Wildman–Crippen MR) is 88.8 cm³/mol. The number of carbonyl (C=O) groups is 1. The number of hydrogen-bond donors (Lipinski definition) is 1. The highest BCUT2D eigenvalue weighted by molar-refractivity contribution is 6.29. The van der Waals surface area contributed by atoms with Crippen LogP contribution in [0.5, 0.6) is 0 Å². The van der Waals surface area contributed by atoms with E-state index in [0.717, 1.165) is 6.42 Å². The van der Waals surface area contributed by atoms with Gasteiger partial charge in [0.05, 0.1) is 12.1 Å². The molecule has 0 aromatic carbocycles. The number of piperidine rings is 1. The fourth-order valence-electron chi connectivity index (χ4n) is 3.47. The maximum Gasteiger partial charge on any atom is 0.410 e. The molecular weight excluding hydrogens is 335 g/mol. The second-order valence-electron chi connectivity index (χ2n) is 7.36. The summed E-state index contributed by atoms with van der Waals surface area (Å²) >= 11 is 5.71. The smallest absolute Gasteiger partial charge is 0.410 e. The van der Waals surface area contributed by atoms with E-state index in [4.69, 9.17) is 16.3 Å². The topological polar surface area (TPSA) is 67.3 Å². The van der Waals surface area contributed by atoms with Gasteiger partial charge in [0, 0.05) is 6.04 Å². The number of halogens is 2. The predicted octanol–water partition coefficient (Wildman–Crippen LogP) is 3.42. The Balaban J connectivity index is 1.70. The van der Waals surface area contributed by atoms with Crippen molar-refractivity contribution in [3.63, 3.8) is 0 Å². The summed E-state index contributed by atoms with van der Waals surface area (Å²) < 4.78 is 20.4. The van der Waals surface area contributed by atoms with Crippen molar-refractivity contribution in [2.45, 2.75) is 69.9 Å². The van der Waals surface area contributed by atoms with Gasteiger partial charge in [-0.1, -0.05) is 11.6 Å². The molecule has 4 atom stereocenters. The Hall–Kier alpha value is -1.63. The highest BCUT2D eigenvalue weighted by Gasteiger charge is 2.51. The Kier molecular flexibility index (Phi) is 4.55. The van der Waals surface area contributed by atoms with E-state index in [1.54, 1.807) is 17.0 Å². The molecule has 0 unspecified atom stereocenters. The second kappa shape index (κ2) is 6.35. The van der Waals surface area contributed by atoms with Crippen LogP contribution in [0.3, 0.4) is 0 Å². The largest absolute Gasteiger partial charge is 0.444 e. The molecule has 2 bridgehead atoms. The molecule has 1 N–H and O–H groups in total. The summed E-state index contributed by atoms with van der Waals surface area (Å²) in [6, 6.07) is 2.39. The molecule has 2 saturated heterocycles. The van der Waals surface area contributed by atoms with E-state index in [1.807, 2.05) is 20.8 Å². The first kappa shape index (κ1) is 17.2. The first-order valence-electron chi connectivity index (χ1n) is 8.16. The third kappa shape index (κ3) is 3.55. The Bertz CT molecular complexity index is 607. The molecule has 24 heavy (non-hydrogen) atoms. The summed E-state index contributed by atoms with van der Waals surface area (Å²) in [5.41, 5.74) is -0.587. The number of amides is 1. The molecule has 2 aliphatic heterocycles. The van der Waals surface area contributed by atoms with Crippen molar-refractivity contribution >= 4 is 23.5 Å². The summed E-state index contributed by atoms with van der Waals surface area (Å²) in [6.45, 7) is 5.44. The van der Waals surface area contributed by atoms with Gasteiger partial charge in [-0.3, -0.25) is 4.90 Å². The van der Waals surface area contributed by atoms with Crippen LogP contribution in [-0.4, -0.2) is 51.1 Å². The normalized spacial score (nSPS) is 29.5. The zero-order chi connectivity index (χ0) is 17.5. The molecule has 3 heterocycles. The summed E-state index contributed by atoms with van der Waals surface area (Å²) in [5, 5.41) is 11.0. The van der Waals surface area contributed by atoms with Crippen LogP contribution < -0.4 is 5.32 Å². The van der Waals surface area contributed by atoms with Crippen LogP contribution >= 0.6 is 11.6 Å². The van der Waals surface area contributed by atoms with Crippen LogP contribution in [0.15, 0.2) is 12.1 Å². The molecule has 0 saturated carbocycles. The van der Waals surface area contributed by atoms with Crippen molar-refractivity contribution in [1.29, 1.82) is 0 Å². The van der Waals surface area contributed by atoms with Crippen LogP contribution in [-0.2, 0) is 4.74 Å². The molecular formula is C16H22ClFN4O2. The third-order valence-electron chi connectivity index (χ3n) is 4.39. The van der Waals surface area contributed by atoms with E-state index in [1.165, 1.54) is 0 Å². The number of rotatable bonds is 2. The van der Waals surface area contributed by atoms with Gasteiger partial charge in [-0.15, -0.1) is 10.2 Å². The van der Waals surface area contributed by atoms with Gasteiger partial charge >= 0.3 is 6.09 Å². The molecule has 0 radical (unpaired) electrons. The van der Waals surface area contributed by atoms with Gasteiger partial charge in [-0.25, -0.2) is 9.18 Å². The van der Waals surface area contributed by atoms with Crippen LogP contribution in [0, 0.1) is 0 Å². The number of anilines is 1. The van der Waals surface area contributed by atoms with E-state index < -0.39 is 29.9 Å². The molecule has 8 heteroatoms. The van der Waals surface area contributed by atoms with Crippen molar-refractivity contribution < 1.29 is 13.9 Å². The molecule has 1 amide bonds. The maximum atomic E-state index is 15.0. The van der Waals surface area contributed by atoms with Crippen molar-refractivity contribution in [2.75, 3.05) is 5.32 Å². The zero-order valence-corrected chi connectivity index (χ0v) is 14.8. The Labute approximate surface area is 145 Å². The fourth-order valence-corrected chi connectivity index (χ4v) is 3.57. The molecule has 3 rings (SSSR count). The molecule has 1 aromatic heterocycles. The van der Waals surface area contributed by atoms with E-state index in [0.29, 0.717) is 18.7 Å². The quantitative estimate of drug-likeness (QED) is 0.879. The van der Waals surface area contributed by atoms with Crippen LogP contribution in [0.2, 0.25) is 5.15 Å². The Morgan fingerprint density at radius 3 is 2.75 bits per heavy atom. The average molecular weight is 357 g/mol. The SMILES string of the molecule is CC(C)(C)OC(=O)N1[C@@H]2CC[C@H]1[C@H](F)[C@H](Nc1ccc(Cl)nn1)C2. The summed E-state index contributed by atoms with van der Waals surface area (Å²) in [6.07, 6.45) is 0.335. The van der Waals surface area contributed by atoms with E-state index >= 15 is 0 Å². The number of nitrogens with zero attached hydrogens (tertiary/aromatic N) is 3. The fraction of sp³-hybridized carbons (Fsp3) is 0.688. The lowest BCUT2D eigenvalue weighted by Crippen LogP contribution is -2.57.